The normalized spacial score (nSPS) is 10.3. The van der Waals surface area contributed by atoms with Crippen LogP contribution in [-0.4, -0.2) is 35.7 Å². The van der Waals surface area contributed by atoms with Crippen molar-refractivity contribution < 1.29 is 9.53 Å². The lowest BCUT2D eigenvalue weighted by Gasteiger charge is -2.07. The van der Waals surface area contributed by atoms with Crippen LogP contribution in [0.25, 0.3) is 0 Å². The van der Waals surface area contributed by atoms with Crippen LogP contribution in [0, 0.1) is 0 Å². The Labute approximate surface area is 111 Å². The number of amides is 1. The average Bonchev–Trinajstić information content (AvgIpc) is 2.30. The fourth-order valence-corrected chi connectivity index (χ4v) is 1.51. The highest BCUT2D eigenvalue weighted by atomic mass is 79.9. The molecular weight excluding hydrogens is 313 g/mol. The van der Waals surface area contributed by atoms with Crippen LogP contribution < -0.4 is 10.9 Å². The number of ether oxygens (including phenoxy) is 1. The number of methoxy groups -OCH3 is 1. The second kappa shape index (κ2) is 6.73. The zero-order valence-corrected chi connectivity index (χ0v) is 11.4. The fraction of sp³-hybridized carbons (Fsp3) is 0.444. The number of hydrogen-bond donors (Lipinski definition) is 1. The van der Waals surface area contributed by atoms with Gasteiger partial charge in [0.1, 0.15) is 11.0 Å². The predicted molar refractivity (Wildman–Crippen MR) is 66.1 cm³/mol. The van der Waals surface area contributed by atoms with E-state index in [4.69, 9.17) is 16.3 Å². The molecule has 1 N–H and O–H groups in total. The monoisotopic (exact) mass is 323 g/mol. The van der Waals surface area contributed by atoms with E-state index in [9.17, 15) is 9.59 Å². The van der Waals surface area contributed by atoms with Crippen molar-refractivity contribution in [2.75, 3.05) is 20.3 Å². The second-order valence-corrected chi connectivity index (χ2v) is 4.28. The molecule has 0 bridgehead atoms. The molecular formula is C9H11BrClN3O3. The van der Waals surface area contributed by atoms with Crippen LogP contribution in [0.2, 0.25) is 5.15 Å². The summed E-state index contributed by atoms with van der Waals surface area (Å²) in [5.41, 5.74) is -0.396. The van der Waals surface area contributed by atoms with Gasteiger partial charge in [-0.05, 0) is 15.9 Å². The molecule has 6 nitrogen and oxygen atoms in total. The fourth-order valence-electron chi connectivity index (χ4n) is 1.06. The topological polar surface area (TPSA) is 73.2 Å². The number of nitrogens with one attached hydrogen (secondary N) is 1. The molecule has 0 aliphatic carbocycles. The first-order valence-corrected chi connectivity index (χ1v) is 5.89. The molecule has 1 rings (SSSR count). The zero-order chi connectivity index (χ0) is 12.8. The van der Waals surface area contributed by atoms with Crippen LogP contribution in [0.4, 0.5) is 0 Å². The number of halogens is 2. The number of rotatable bonds is 5. The van der Waals surface area contributed by atoms with Crippen LogP contribution in [0.15, 0.2) is 15.6 Å². The van der Waals surface area contributed by atoms with Crippen molar-refractivity contribution in [2.45, 2.75) is 6.54 Å². The summed E-state index contributed by atoms with van der Waals surface area (Å²) in [6.07, 6.45) is 1.23. The van der Waals surface area contributed by atoms with Crippen LogP contribution >= 0.6 is 27.5 Å². The lowest BCUT2D eigenvalue weighted by atomic mass is 10.5. The number of aromatic nitrogens is 2. The summed E-state index contributed by atoms with van der Waals surface area (Å²) < 4.78 is 6.09. The third-order valence-corrected chi connectivity index (χ3v) is 3.11. The quantitative estimate of drug-likeness (QED) is 0.629. The Morgan fingerprint density at radius 2 is 2.41 bits per heavy atom. The highest BCUT2D eigenvalue weighted by Crippen LogP contribution is 2.13. The highest BCUT2D eigenvalue weighted by Gasteiger charge is 2.09. The number of hydrogen-bond acceptors (Lipinski definition) is 4. The molecule has 0 aromatic carbocycles. The van der Waals surface area contributed by atoms with E-state index in [1.807, 2.05) is 0 Å². The van der Waals surface area contributed by atoms with Crippen molar-refractivity contribution in [2.24, 2.45) is 0 Å². The minimum Gasteiger partial charge on any atom is -0.383 e. The molecule has 94 valence electrons. The first-order chi connectivity index (χ1) is 8.06. The molecule has 1 heterocycles. The maximum Gasteiger partial charge on any atom is 0.269 e. The largest absolute Gasteiger partial charge is 0.383 e. The standard InChI is InChI=1S/C9H11BrClN3O3/c1-17-3-2-12-6(15)4-14-5-13-8(11)7(10)9(14)16/h5H,2-4H2,1H3,(H,12,15). The molecule has 0 aliphatic heterocycles. The maximum absolute atomic E-state index is 11.6. The summed E-state index contributed by atoms with van der Waals surface area (Å²) in [7, 11) is 1.54. The SMILES string of the molecule is COCCNC(=O)Cn1cnc(Cl)c(Br)c1=O. The van der Waals surface area contributed by atoms with Crippen LogP contribution in [0.5, 0.6) is 0 Å². The molecule has 8 heteroatoms. The van der Waals surface area contributed by atoms with E-state index in [0.29, 0.717) is 13.2 Å². The van der Waals surface area contributed by atoms with Gasteiger partial charge in [0.05, 0.1) is 12.9 Å². The first-order valence-electron chi connectivity index (χ1n) is 4.72. The van der Waals surface area contributed by atoms with Crippen LogP contribution in [0.1, 0.15) is 0 Å². The third-order valence-electron chi connectivity index (χ3n) is 1.88. The molecule has 0 unspecified atom stereocenters. The van der Waals surface area contributed by atoms with Crippen molar-refractivity contribution in [3.8, 4) is 0 Å². The van der Waals surface area contributed by atoms with E-state index in [1.165, 1.54) is 13.4 Å². The minimum atomic E-state index is -0.396. The van der Waals surface area contributed by atoms with Crippen molar-refractivity contribution >= 4 is 33.4 Å². The third kappa shape index (κ3) is 4.10. The van der Waals surface area contributed by atoms with Gasteiger partial charge in [0.15, 0.2) is 5.15 Å². The molecule has 0 atom stereocenters. The summed E-state index contributed by atoms with van der Waals surface area (Å²) in [4.78, 5) is 26.8. The van der Waals surface area contributed by atoms with Gasteiger partial charge < -0.3 is 10.1 Å². The summed E-state index contributed by atoms with van der Waals surface area (Å²) >= 11 is 8.64. The second-order valence-electron chi connectivity index (χ2n) is 3.13. The number of nitrogens with zero attached hydrogens (tertiary/aromatic N) is 2. The number of carbonyl (C=O) groups excluding carboxylic acids is 1. The average molecular weight is 325 g/mol. The lowest BCUT2D eigenvalue weighted by Crippen LogP contribution is -2.34. The minimum absolute atomic E-state index is 0.0750. The van der Waals surface area contributed by atoms with Gasteiger partial charge in [0.2, 0.25) is 5.91 Å². The lowest BCUT2D eigenvalue weighted by molar-refractivity contribution is -0.121. The smallest absolute Gasteiger partial charge is 0.269 e. The molecule has 0 saturated carbocycles. The Bertz CT molecular complexity index is 463. The van der Waals surface area contributed by atoms with Gasteiger partial charge in [-0.1, -0.05) is 11.6 Å². The number of carbonyl (C=O) groups is 1. The van der Waals surface area contributed by atoms with E-state index in [1.54, 1.807) is 0 Å². The molecule has 1 aromatic rings. The first kappa shape index (κ1) is 14.1. The Morgan fingerprint density at radius 3 is 3.06 bits per heavy atom. The molecule has 0 spiro atoms. The van der Waals surface area contributed by atoms with Crippen LogP contribution in [0.3, 0.4) is 0 Å². The summed E-state index contributed by atoms with van der Waals surface area (Å²) in [5, 5.41) is 2.67. The Balaban J connectivity index is 2.66. The van der Waals surface area contributed by atoms with Gasteiger partial charge in [-0.3, -0.25) is 14.2 Å². The van der Waals surface area contributed by atoms with E-state index >= 15 is 0 Å². The Kier molecular flexibility index (Phi) is 5.60. The van der Waals surface area contributed by atoms with Gasteiger partial charge in [0, 0.05) is 13.7 Å². The molecule has 0 saturated heterocycles. The summed E-state index contributed by atoms with van der Waals surface area (Å²) in [6, 6.07) is 0. The molecule has 1 amide bonds. The zero-order valence-electron chi connectivity index (χ0n) is 9.07. The summed E-state index contributed by atoms with van der Waals surface area (Å²) in [6.45, 7) is 0.709. The van der Waals surface area contributed by atoms with Gasteiger partial charge in [0.25, 0.3) is 5.56 Å². The van der Waals surface area contributed by atoms with E-state index in [2.05, 4.69) is 26.2 Å². The molecule has 17 heavy (non-hydrogen) atoms. The molecule has 0 aliphatic rings. The highest BCUT2D eigenvalue weighted by molar-refractivity contribution is 9.10. The van der Waals surface area contributed by atoms with Crippen molar-refractivity contribution in [1.82, 2.24) is 14.9 Å². The van der Waals surface area contributed by atoms with Crippen LogP contribution in [-0.2, 0) is 16.1 Å². The van der Waals surface area contributed by atoms with E-state index in [-0.39, 0.29) is 22.1 Å². The predicted octanol–water partition coefficient (Wildman–Crippen LogP) is 0.422. The summed E-state index contributed by atoms with van der Waals surface area (Å²) in [5.74, 6) is -0.292. The van der Waals surface area contributed by atoms with Gasteiger partial charge in [-0.2, -0.15) is 0 Å². The van der Waals surface area contributed by atoms with Gasteiger partial charge in [-0.25, -0.2) is 4.98 Å². The van der Waals surface area contributed by atoms with Crippen molar-refractivity contribution in [3.63, 3.8) is 0 Å². The Hall–Kier alpha value is -0.920. The van der Waals surface area contributed by atoms with Gasteiger partial charge >= 0.3 is 0 Å². The van der Waals surface area contributed by atoms with E-state index < -0.39 is 5.56 Å². The maximum atomic E-state index is 11.6. The molecule has 1 aromatic heterocycles. The molecule has 0 radical (unpaired) electrons. The van der Waals surface area contributed by atoms with E-state index in [0.717, 1.165) is 4.57 Å². The van der Waals surface area contributed by atoms with Crippen molar-refractivity contribution in [1.29, 1.82) is 0 Å². The Morgan fingerprint density at radius 1 is 1.71 bits per heavy atom. The molecule has 0 fully saturated rings. The van der Waals surface area contributed by atoms with Gasteiger partial charge in [-0.15, -0.1) is 0 Å². The van der Waals surface area contributed by atoms with Crippen molar-refractivity contribution in [3.05, 3.63) is 26.3 Å².